The van der Waals surface area contributed by atoms with Gasteiger partial charge >= 0.3 is 0 Å². The highest BCUT2D eigenvalue weighted by Crippen LogP contribution is 2.47. The van der Waals surface area contributed by atoms with Crippen molar-refractivity contribution in [2.75, 3.05) is 0 Å². The summed E-state index contributed by atoms with van der Waals surface area (Å²) in [5, 5.41) is -0.115. The molecule has 3 unspecified atom stereocenters. The molecule has 4 heteroatoms. The molecule has 15 heavy (non-hydrogen) atoms. The maximum atomic E-state index is 12.1. The van der Waals surface area contributed by atoms with Crippen LogP contribution in [0, 0.1) is 11.8 Å². The van der Waals surface area contributed by atoms with Crippen molar-refractivity contribution < 1.29 is 8.42 Å². The molecule has 0 aromatic carbocycles. The van der Waals surface area contributed by atoms with Gasteiger partial charge in [0.05, 0.1) is 5.25 Å². The molecule has 2 bridgehead atoms. The van der Waals surface area contributed by atoms with E-state index in [4.69, 9.17) is 0 Å². The largest absolute Gasteiger partial charge is 0.215 e. The molecule has 0 aromatic rings. The predicted octanol–water partition coefficient (Wildman–Crippen LogP) is 1.89. The summed E-state index contributed by atoms with van der Waals surface area (Å²) in [7, 11) is -3.10. The van der Waals surface area contributed by atoms with Crippen LogP contribution in [0.25, 0.3) is 0 Å². The maximum absolute atomic E-state index is 12.1. The summed E-state index contributed by atoms with van der Waals surface area (Å²) < 4.78 is 27.0. The van der Waals surface area contributed by atoms with Crippen LogP contribution in [0.15, 0.2) is 0 Å². The van der Waals surface area contributed by atoms with Gasteiger partial charge in [0.2, 0.25) is 10.0 Å². The molecule has 0 saturated heterocycles. The van der Waals surface area contributed by atoms with E-state index < -0.39 is 10.0 Å². The minimum absolute atomic E-state index is 0.115. The van der Waals surface area contributed by atoms with Gasteiger partial charge in [0.25, 0.3) is 0 Å². The fourth-order valence-corrected chi connectivity index (χ4v) is 5.35. The van der Waals surface area contributed by atoms with Crippen molar-refractivity contribution in [2.45, 2.75) is 57.2 Å². The third kappa shape index (κ3) is 2.36. The van der Waals surface area contributed by atoms with Gasteiger partial charge in [0, 0.05) is 5.54 Å². The number of nitrogens with one attached hydrogen (secondary N) is 1. The van der Waals surface area contributed by atoms with E-state index in [0.29, 0.717) is 11.8 Å². The van der Waals surface area contributed by atoms with Crippen LogP contribution in [-0.4, -0.2) is 19.2 Å². The average Bonchev–Trinajstić information content (AvgIpc) is 2.58. The van der Waals surface area contributed by atoms with Gasteiger partial charge in [-0.2, -0.15) is 0 Å². The summed E-state index contributed by atoms with van der Waals surface area (Å²) in [5.74, 6) is 1.10. The lowest BCUT2D eigenvalue weighted by atomic mass is 10.0. The Kier molecular flexibility index (Phi) is 2.62. The fraction of sp³-hybridized carbons (Fsp3) is 1.00. The van der Waals surface area contributed by atoms with Crippen LogP contribution in [-0.2, 0) is 10.0 Å². The summed E-state index contributed by atoms with van der Waals surface area (Å²) in [4.78, 5) is 0. The number of hydrogen-bond acceptors (Lipinski definition) is 2. The summed E-state index contributed by atoms with van der Waals surface area (Å²) in [6.07, 6.45) is 4.37. The van der Waals surface area contributed by atoms with E-state index in [-0.39, 0.29) is 10.8 Å². The normalized spacial score (nSPS) is 36.1. The van der Waals surface area contributed by atoms with Crippen molar-refractivity contribution in [1.29, 1.82) is 0 Å². The SMILES string of the molecule is CC(C)(C)NS(=O)(=O)C1CC2CCC1C2. The molecular formula is C11H21NO2S. The molecule has 3 nitrogen and oxygen atoms in total. The van der Waals surface area contributed by atoms with Crippen molar-refractivity contribution in [1.82, 2.24) is 4.72 Å². The Bertz CT molecular complexity index is 342. The van der Waals surface area contributed by atoms with Gasteiger partial charge in [-0.15, -0.1) is 0 Å². The molecule has 0 spiro atoms. The molecule has 0 heterocycles. The van der Waals surface area contributed by atoms with Crippen molar-refractivity contribution in [3.8, 4) is 0 Å². The van der Waals surface area contributed by atoms with Gasteiger partial charge in [-0.25, -0.2) is 13.1 Å². The van der Waals surface area contributed by atoms with Crippen molar-refractivity contribution in [3.63, 3.8) is 0 Å². The van der Waals surface area contributed by atoms with Crippen LogP contribution in [0.2, 0.25) is 0 Å². The van der Waals surface area contributed by atoms with E-state index in [1.54, 1.807) is 0 Å². The number of rotatable bonds is 2. The zero-order valence-corrected chi connectivity index (χ0v) is 10.6. The average molecular weight is 231 g/mol. The second-order valence-corrected chi connectivity index (χ2v) is 8.01. The van der Waals surface area contributed by atoms with Gasteiger partial charge in [-0.1, -0.05) is 6.42 Å². The van der Waals surface area contributed by atoms with E-state index in [1.807, 2.05) is 20.8 Å². The Morgan fingerprint density at radius 3 is 2.20 bits per heavy atom. The molecule has 2 aliphatic rings. The molecule has 0 amide bonds. The zero-order chi connectivity index (χ0) is 11.3. The standard InChI is InChI=1S/C11H21NO2S/c1-11(2,3)12-15(13,14)10-7-8-4-5-9(10)6-8/h8-10,12H,4-7H2,1-3H3. The first kappa shape index (κ1) is 11.4. The Balaban J connectivity index is 2.10. The minimum Gasteiger partial charge on any atom is -0.212 e. The summed E-state index contributed by atoms with van der Waals surface area (Å²) >= 11 is 0. The van der Waals surface area contributed by atoms with Crippen LogP contribution in [0.1, 0.15) is 46.5 Å². The Hall–Kier alpha value is -0.0900. The number of fused-ring (bicyclic) bond motifs is 2. The van der Waals surface area contributed by atoms with Crippen molar-refractivity contribution in [3.05, 3.63) is 0 Å². The van der Waals surface area contributed by atoms with Gasteiger partial charge in [0.15, 0.2) is 0 Å². The third-order valence-corrected chi connectivity index (χ3v) is 5.79. The van der Waals surface area contributed by atoms with E-state index in [2.05, 4.69) is 4.72 Å². The second kappa shape index (κ2) is 3.45. The third-order valence-electron chi connectivity index (χ3n) is 3.52. The molecule has 2 rings (SSSR count). The maximum Gasteiger partial charge on any atom is 0.215 e. The molecule has 2 saturated carbocycles. The molecule has 0 radical (unpaired) electrons. The molecule has 0 aromatic heterocycles. The lowest BCUT2D eigenvalue weighted by Gasteiger charge is -2.27. The van der Waals surface area contributed by atoms with Gasteiger partial charge in [-0.05, 0) is 51.9 Å². The van der Waals surface area contributed by atoms with Crippen LogP contribution in [0.5, 0.6) is 0 Å². The summed E-state index contributed by atoms with van der Waals surface area (Å²) in [5.41, 5.74) is -0.347. The predicted molar refractivity (Wildman–Crippen MR) is 61.0 cm³/mol. The fourth-order valence-electron chi connectivity index (χ4n) is 3.07. The summed E-state index contributed by atoms with van der Waals surface area (Å²) in [6.45, 7) is 5.70. The van der Waals surface area contributed by atoms with E-state index >= 15 is 0 Å². The van der Waals surface area contributed by atoms with Crippen LogP contribution in [0.4, 0.5) is 0 Å². The highest BCUT2D eigenvalue weighted by molar-refractivity contribution is 7.90. The van der Waals surface area contributed by atoms with Gasteiger partial charge < -0.3 is 0 Å². The number of sulfonamides is 1. The molecule has 0 aliphatic heterocycles. The lowest BCUT2D eigenvalue weighted by molar-refractivity contribution is 0.438. The van der Waals surface area contributed by atoms with Crippen LogP contribution < -0.4 is 4.72 Å². The number of hydrogen-bond donors (Lipinski definition) is 1. The van der Waals surface area contributed by atoms with Crippen molar-refractivity contribution >= 4 is 10.0 Å². The first-order valence-corrected chi connectivity index (χ1v) is 7.35. The van der Waals surface area contributed by atoms with Gasteiger partial charge in [0.1, 0.15) is 0 Å². The minimum atomic E-state index is -3.10. The van der Waals surface area contributed by atoms with Crippen LogP contribution >= 0.6 is 0 Å². The molecule has 1 N–H and O–H groups in total. The smallest absolute Gasteiger partial charge is 0.212 e. The van der Waals surface area contributed by atoms with Crippen molar-refractivity contribution in [2.24, 2.45) is 11.8 Å². The zero-order valence-electron chi connectivity index (χ0n) is 9.79. The van der Waals surface area contributed by atoms with Gasteiger partial charge in [-0.3, -0.25) is 0 Å². The van der Waals surface area contributed by atoms with E-state index in [9.17, 15) is 8.42 Å². The van der Waals surface area contributed by atoms with E-state index in [1.165, 1.54) is 6.42 Å². The Morgan fingerprint density at radius 1 is 1.13 bits per heavy atom. The Labute approximate surface area is 92.7 Å². The second-order valence-electron chi connectivity index (χ2n) is 6.11. The highest BCUT2D eigenvalue weighted by Gasteiger charge is 2.46. The Morgan fingerprint density at radius 2 is 1.80 bits per heavy atom. The summed E-state index contributed by atoms with van der Waals surface area (Å²) in [6, 6.07) is 0. The molecule has 2 aliphatic carbocycles. The van der Waals surface area contributed by atoms with Crippen LogP contribution in [0.3, 0.4) is 0 Å². The van der Waals surface area contributed by atoms with E-state index in [0.717, 1.165) is 19.3 Å². The molecule has 3 atom stereocenters. The molecule has 88 valence electrons. The lowest BCUT2D eigenvalue weighted by Crippen LogP contribution is -2.46. The topological polar surface area (TPSA) is 46.2 Å². The first-order chi connectivity index (χ1) is 6.78. The monoisotopic (exact) mass is 231 g/mol. The molecule has 2 fully saturated rings. The first-order valence-electron chi connectivity index (χ1n) is 5.81. The molecular weight excluding hydrogens is 210 g/mol. The highest BCUT2D eigenvalue weighted by atomic mass is 32.2. The quantitative estimate of drug-likeness (QED) is 0.789.